The lowest BCUT2D eigenvalue weighted by Gasteiger charge is -2.04. The van der Waals surface area contributed by atoms with Gasteiger partial charge in [-0.05, 0) is 19.8 Å². The molecule has 1 rings (SSSR count). The maximum Gasteiger partial charge on any atom is 0.254 e. The fourth-order valence-electron chi connectivity index (χ4n) is 1.24. The highest BCUT2D eigenvalue weighted by molar-refractivity contribution is 5.93. The van der Waals surface area contributed by atoms with Crippen LogP contribution in [0.2, 0.25) is 0 Å². The summed E-state index contributed by atoms with van der Waals surface area (Å²) >= 11 is 0. The van der Waals surface area contributed by atoms with Crippen LogP contribution in [0.25, 0.3) is 0 Å². The molecular weight excluding hydrogens is 194 g/mol. The first-order chi connectivity index (χ1) is 7.09. The molecular formula is C10H17N3O2. The third-order valence-electron chi connectivity index (χ3n) is 2.05. The molecule has 0 saturated heterocycles. The van der Waals surface area contributed by atoms with E-state index >= 15 is 0 Å². The minimum atomic E-state index is -0.305. The Balaban J connectivity index is 2.25. The lowest BCUT2D eigenvalue weighted by molar-refractivity contribution is 0.0949. The highest BCUT2D eigenvalue weighted by atomic mass is 16.3. The van der Waals surface area contributed by atoms with E-state index in [1.54, 1.807) is 24.9 Å². The summed E-state index contributed by atoms with van der Waals surface area (Å²) in [5.74, 6) is -0.117. The summed E-state index contributed by atoms with van der Waals surface area (Å²) in [7, 11) is 1.77. The number of amides is 1. The van der Waals surface area contributed by atoms with Gasteiger partial charge in [-0.2, -0.15) is 5.10 Å². The Labute approximate surface area is 89.1 Å². The monoisotopic (exact) mass is 211 g/mol. The van der Waals surface area contributed by atoms with Gasteiger partial charge in [0.05, 0.1) is 17.9 Å². The number of carbonyl (C=O) groups excluding carboxylic acids is 1. The van der Waals surface area contributed by atoms with Crippen LogP contribution in [0.1, 0.15) is 30.1 Å². The fourth-order valence-corrected chi connectivity index (χ4v) is 1.24. The first-order valence-electron chi connectivity index (χ1n) is 5.04. The van der Waals surface area contributed by atoms with Crippen molar-refractivity contribution in [3.05, 3.63) is 18.0 Å². The molecule has 1 heterocycles. The van der Waals surface area contributed by atoms with Gasteiger partial charge in [0.1, 0.15) is 0 Å². The average Bonchev–Trinajstić information content (AvgIpc) is 2.59. The molecule has 0 radical (unpaired) electrons. The van der Waals surface area contributed by atoms with E-state index in [2.05, 4.69) is 10.4 Å². The lowest BCUT2D eigenvalue weighted by Crippen LogP contribution is -2.24. The van der Waals surface area contributed by atoms with Crippen molar-refractivity contribution >= 4 is 5.91 Å². The fraction of sp³-hybridized carbons (Fsp3) is 0.600. The zero-order chi connectivity index (χ0) is 11.3. The molecule has 1 atom stereocenters. The predicted octanol–water partition coefficient (Wildman–Crippen LogP) is 0.311. The molecule has 84 valence electrons. The van der Waals surface area contributed by atoms with Crippen LogP contribution in [-0.4, -0.2) is 33.4 Å². The first kappa shape index (κ1) is 11.7. The van der Waals surface area contributed by atoms with Gasteiger partial charge in [0.15, 0.2) is 0 Å². The molecule has 15 heavy (non-hydrogen) atoms. The van der Waals surface area contributed by atoms with Crippen molar-refractivity contribution in [1.82, 2.24) is 15.1 Å². The van der Waals surface area contributed by atoms with E-state index in [1.165, 1.54) is 6.20 Å². The third-order valence-corrected chi connectivity index (χ3v) is 2.05. The van der Waals surface area contributed by atoms with Crippen molar-refractivity contribution in [3.8, 4) is 0 Å². The largest absolute Gasteiger partial charge is 0.393 e. The zero-order valence-electron chi connectivity index (χ0n) is 9.10. The van der Waals surface area contributed by atoms with E-state index in [4.69, 9.17) is 5.11 Å². The van der Waals surface area contributed by atoms with E-state index in [0.29, 0.717) is 18.5 Å². The van der Waals surface area contributed by atoms with Crippen LogP contribution in [0.3, 0.4) is 0 Å². The molecule has 0 aliphatic carbocycles. The van der Waals surface area contributed by atoms with Gasteiger partial charge in [-0.3, -0.25) is 9.48 Å². The Morgan fingerprint density at radius 1 is 1.73 bits per heavy atom. The molecule has 1 unspecified atom stereocenters. The summed E-state index contributed by atoms with van der Waals surface area (Å²) in [5.41, 5.74) is 0.564. The van der Waals surface area contributed by atoms with E-state index in [9.17, 15) is 4.79 Å². The molecule has 1 amide bonds. The number of hydrogen-bond donors (Lipinski definition) is 2. The number of rotatable bonds is 5. The molecule has 0 aliphatic rings. The van der Waals surface area contributed by atoms with E-state index < -0.39 is 0 Å². The van der Waals surface area contributed by atoms with Gasteiger partial charge < -0.3 is 10.4 Å². The summed E-state index contributed by atoms with van der Waals surface area (Å²) in [6.07, 6.45) is 4.38. The second-order valence-electron chi connectivity index (χ2n) is 3.65. The molecule has 0 fully saturated rings. The number of hydrogen-bond acceptors (Lipinski definition) is 3. The number of nitrogens with zero attached hydrogens (tertiary/aromatic N) is 2. The van der Waals surface area contributed by atoms with Gasteiger partial charge in [-0.25, -0.2) is 0 Å². The summed E-state index contributed by atoms with van der Waals surface area (Å²) in [4.78, 5) is 11.5. The maximum atomic E-state index is 11.5. The molecule has 0 aromatic carbocycles. The number of aromatic nitrogens is 2. The molecule has 0 saturated carbocycles. The second-order valence-corrected chi connectivity index (χ2v) is 3.65. The maximum absolute atomic E-state index is 11.5. The Hall–Kier alpha value is -1.36. The number of aryl methyl sites for hydroxylation is 1. The number of aliphatic hydroxyl groups excluding tert-OH is 1. The second kappa shape index (κ2) is 5.50. The molecule has 1 aromatic rings. The lowest BCUT2D eigenvalue weighted by atomic mass is 10.2. The Morgan fingerprint density at radius 3 is 3.00 bits per heavy atom. The van der Waals surface area contributed by atoms with Crippen molar-refractivity contribution in [2.75, 3.05) is 6.54 Å². The molecule has 2 N–H and O–H groups in total. The normalized spacial score (nSPS) is 12.5. The van der Waals surface area contributed by atoms with Gasteiger partial charge in [0.25, 0.3) is 5.91 Å². The van der Waals surface area contributed by atoms with Crippen molar-refractivity contribution in [2.24, 2.45) is 7.05 Å². The summed E-state index contributed by atoms with van der Waals surface area (Å²) in [6, 6.07) is 0. The van der Waals surface area contributed by atoms with Crippen LogP contribution in [-0.2, 0) is 7.05 Å². The van der Waals surface area contributed by atoms with Crippen molar-refractivity contribution in [3.63, 3.8) is 0 Å². The van der Waals surface area contributed by atoms with Gasteiger partial charge in [0, 0.05) is 19.8 Å². The van der Waals surface area contributed by atoms with Crippen LogP contribution in [0.4, 0.5) is 0 Å². The van der Waals surface area contributed by atoms with E-state index in [1.807, 2.05) is 0 Å². The minimum absolute atomic E-state index is 0.117. The Bertz CT molecular complexity index is 320. The van der Waals surface area contributed by atoms with Crippen LogP contribution < -0.4 is 5.32 Å². The van der Waals surface area contributed by atoms with Crippen LogP contribution in [0, 0.1) is 0 Å². The van der Waals surface area contributed by atoms with Crippen LogP contribution in [0.5, 0.6) is 0 Å². The molecule has 1 aromatic heterocycles. The van der Waals surface area contributed by atoms with Gasteiger partial charge in [-0.15, -0.1) is 0 Å². The predicted molar refractivity (Wildman–Crippen MR) is 56.5 cm³/mol. The van der Waals surface area contributed by atoms with Gasteiger partial charge in [0.2, 0.25) is 0 Å². The zero-order valence-corrected chi connectivity index (χ0v) is 9.10. The first-order valence-corrected chi connectivity index (χ1v) is 5.04. The molecule has 0 aliphatic heterocycles. The molecule has 5 heteroatoms. The van der Waals surface area contributed by atoms with E-state index in [-0.39, 0.29) is 12.0 Å². The van der Waals surface area contributed by atoms with Crippen LogP contribution in [0.15, 0.2) is 12.4 Å². The Morgan fingerprint density at radius 2 is 2.47 bits per heavy atom. The van der Waals surface area contributed by atoms with Gasteiger partial charge in [-0.1, -0.05) is 0 Å². The molecule has 5 nitrogen and oxygen atoms in total. The summed E-state index contributed by atoms with van der Waals surface area (Å²) in [6.45, 7) is 2.32. The third kappa shape index (κ3) is 4.12. The van der Waals surface area contributed by atoms with E-state index in [0.717, 1.165) is 6.42 Å². The SMILES string of the molecule is CC(O)CCCNC(=O)c1cnn(C)c1. The topological polar surface area (TPSA) is 67.2 Å². The smallest absolute Gasteiger partial charge is 0.254 e. The number of aliphatic hydroxyl groups is 1. The number of carbonyl (C=O) groups is 1. The molecule has 0 bridgehead atoms. The minimum Gasteiger partial charge on any atom is -0.393 e. The highest BCUT2D eigenvalue weighted by Crippen LogP contribution is 1.97. The quantitative estimate of drug-likeness (QED) is 0.689. The van der Waals surface area contributed by atoms with Crippen LogP contribution >= 0.6 is 0 Å². The van der Waals surface area contributed by atoms with Crippen molar-refractivity contribution < 1.29 is 9.90 Å². The Kier molecular flexibility index (Phi) is 4.30. The number of nitrogens with one attached hydrogen (secondary N) is 1. The van der Waals surface area contributed by atoms with Gasteiger partial charge >= 0.3 is 0 Å². The average molecular weight is 211 g/mol. The standard InChI is InChI=1S/C10H17N3O2/c1-8(14)4-3-5-11-10(15)9-6-12-13(2)7-9/h6-8,14H,3-5H2,1-2H3,(H,11,15). The van der Waals surface area contributed by atoms with Crippen molar-refractivity contribution in [1.29, 1.82) is 0 Å². The summed E-state index contributed by atoms with van der Waals surface area (Å²) in [5, 5.41) is 15.7. The summed E-state index contributed by atoms with van der Waals surface area (Å²) < 4.78 is 1.59. The highest BCUT2D eigenvalue weighted by Gasteiger charge is 2.06. The van der Waals surface area contributed by atoms with Crippen molar-refractivity contribution in [2.45, 2.75) is 25.9 Å². The molecule has 0 spiro atoms.